The lowest BCUT2D eigenvalue weighted by atomic mass is 10.2. The molecule has 4 nitrogen and oxygen atoms in total. The van der Waals surface area contributed by atoms with Gasteiger partial charge in [-0.1, -0.05) is 19.1 Å². The molecule has 0 atom stereocenters. The summed E-state index contributed by atoms with van der Waals surface area (Å²) in [5.41, 5.74) is 1.34. The van der Waals surface area contributed by atoms with Gasteiger partial charge in [0.05, 0.1) is 5.69 Å². The summed E-state index contributed by atoms with van der Waals surface area (Å²) < 4.78 is 13.7. The van der Waals surface area contributed by atoms with E-state index in [0.29, 0.717) is 0 Å². The summed E-state index contributed by atoms with van der Waals surface area (Å²) in [5, 5.41) is 3.19. The summed E-state index contributed by atoms with van der Waals surface area (Å²) in [6.45, 7) is 2.88. The molecule has 0 unspecified atom stereocenters. The van der Waals surface area contributed by atoms with Gasteiger partial charge in [0.1, 0.15) is 11.5 Å². The first-order chi connectivity index (χ1) is 10.1. The van der Waals surface area contributed by atoms with Crippen molar-refractivity contribution in [1.82, 2.24) is 4.98 Å². The molecule has 5 heteroatoms. The predicted molar refractivity (Wildman–Crippen MR) is 82.2 cm³/mol. The number of carbonyl (C=O) groups is 1. The summed E-state index contributed by atoms with van der Waals surface area (Å²) in [4.78, 5) is 17.7. The number of pyridine rings is 1. The molecule has 0 spiro atoms. The number of anilines is 2. The number of carbonyl (C=O) groups excluding carboxylic acids is 1. The number of hydrogen-bond acceptors (Lipinski definition) is 3. The fraction of sp³-hybridized carbons (Fsp3) is 0.250. The highest BCUT2D eigenvalue weighted by Crippen LogP contribution is 2.19. The first kappa shape index (κ1) is 15.0. The summed E-state index contributed by atoms with van der Waals surface area (Å²) in [6.07, 6.45) is 2.56. The fourth-order valence-electron chi connectivity index (χ4n) is 1.93. The van der Waals surface area contributed by atoms with Crippen molar-refractivity contribution in [3.63, 3.8) is 0 Å². The van der Waals surface area contributed by atoms with Crippen LogP contribution in [0.3, 0.4) is 0 Å². The van der Waals surface area contributed by atoms with Crippen LogP contribution in [0.1, 0.15) is 23.8 Å². The molecular formula is C16H18FN3O. The Morgan fingerprint density at radius 2 is 2.10 bits per heavy atom. The number of para-hydroxylation sites is 1. The van der Waals surface area contributed by atoms with Gasteiger partial charge in [0.15, 0.2) is 0 Å². The molecule has 0 aliphatic carbocycles. The normalized spacial score (nSPS) is 10.2. The van der Waals surface area contributed by atoms with Crippen LogP contribution in [0.15, 0.2) is 42.6 Å². The van der Waals surface area contributed by atoms with Crippen LogP contribution < -0.4 is 10.2 Å². The molecule has 1 heterocycles. The average Bonchev–Trinajstić information content (AvgIpc) is 2.52. The molecule has 2 aromatic rings. The molecule has 1 N–H and O–H groups in total. The Morgan fingerprint density at radius 1 is 1.33 bits per heavy atom. The quantitative estimate of drug-likeness (QED) is 0.917. The zero-order chi connectivity index (χ0) is 15.2. The fourth-order valence-corrected chi connectivity index (χ4v) is 1.93. The monoisotopic (exact) mass is 287 g/mol. The SMILES string of the molecule is CCCNc1ccnc(C(=O)N(C)c2ccccc2F)c1. The van der Waals surface area contributed by atoms with E-state index in [-0.39, 0.29) is 17.3 Å². The zero-order valence-electron chi connectivity index (χ0n) is 12.1. The third kappa shape index (κ3) is 3.56. The molecule has 2 rings (SSSR count). The molecule has 21 heavy (non-hydrogen) atoms. The van der Waals surface area contributed by atoms with Gasteiger partial charge < -0.3 is 10.2 Å². The summed E-state index contributed by atoms with van der Waals surface area (Å²) >= 11 is 0. The highest BCUT2D eigenvalue weighted by atomic mass is 19.1. The number of halogens is 1. The minimum atomic E-state index is -0.436. The minimum Gasteiger partial charge on any atom is -0.385 e. The van der Waals surface area contributed by atoms with Crippen molar-refractivity contribution in [3.05, 3.63) is 54.1 Å². The predicted octanol–water partition coefficient (Wildman–Crippen LogP) is 3.32. The van der Waals surface area contributed by atoms with Crippen molar-refractivity contribution in [2.45, 2.75) is 13.3 Å². The van der Waals surface area contributed by atoms with Crippen LogP contribution in [0.2, 0.25) is 0 Å². The van der Waals surface area contributed by atoms with Crippen LogP contribution in [-0.4, -0.2) is 24.5 Å². The minimum absolute atomic E-state index is 0.233. The van der Waals surface area contributed by atoms with Crippen molar-refractivity contribution >= 4 is 17.3 Å². The van der Waals surface area contributed by atoms with Crippen molar-refractivity contribution in [3.8, 4) is 0 Å². The topological polar surface area (TPSA) is 45.2 Å². The van der Waals surface area contributed by atoms with Crippen LogP contribution in [0.5, 0.6) is 0 Å². The molecule has 1 aromatic heterocycles. The summed E-state index contributed by atoms with van der Waals surface area (Å²) in [5.74, 6) is -0.783. The zero-order valence-corrected chi connectivity index (χ0v) is 12.1. The second-order valence-corrected chi connectivity index (χ2v) is 4.67. The van der Waals surface area contributed by atoms with Crippen LogP contribution in [0, 0.1) is 5.82 Å². The van der Waals surface area contributed by atoms with Gasteiger partial charge in [0.25, 0.3) is 5.91 Å². The van der Waals surface area contributed by atoms with Gasteiger partial charge in [-0.3, -0.25) is 9.78 Å². The molecule has 0 saturated carbocycles. The Labute approximate surface area is 123 Å². The molecule has 0 aliphatic heterocycles. The molecule has 1 aromatic carbocycles. The van der Waals surface area contributed by atoms with Crippen LogP contribution >= 0.6 is 0 Å². The highest BCUT2D eigenvalue weighted by molar-refractivity contribution is 6.04. The second-order valence-electron chi connectivity index (χ2n) is 4.67. The largest absolute Gasteiger partial charge is 0.385 e. The maximum Gasteiger partial charge on any atom is 0.276 e. The van der Waals surface area contributed by atoms with E-state index in [0.717, 1.165) is 18.7 Å². The van der Waals surface area contributed by atoms with Crippen LogP contribution in [0.4, 0.5) is 15.8 Å². The van der Waals surface area contributed by atoms with Gasteiger partial charge >= 0.3 is 0 Å². The van der Waals surface area contributed by atoms with E-state index in [1.165, 1.54) is 18.0 Å². The van der Waals surface area contributed by atoms with E-state index in [9.17, 15) is 9.18 Å². The van der Waals surface area contributed by atoms with E-state index in [2.05, 4.69) is 17.2 Å². The number of aromatic nitrogens is 1. The van der Waals surface area contributed by atoms with Crippen LogP contribution in [-0.2, 0) is 0 Å². The Bertz CT molecular complexity index is 630. The van der Waals surface area contributed by atoms with Crippen molar-refractivity contribution in [2.24, 2.45) is 0 Å². The third-order valence-corrected chi connectivity index (χ3v) is 3.08. The van der Waals surface area contributed by atoms with E-state index < -0.39 is 5.82 Å². The summed E-state index contributed by atoms with van der Waals surface area (Å²) in [7, 11) is 1.54. The van der Waals surface area contributed by atoms with Crippen molar-refractivity contribution in [1.29, 1.82) is 0 Å². The maximum atomic E-state index is 13.7. The molecule has 0 aliphatic rings. The first-order valence-electron chi connectivity index (χ1n) is 6.86. The second kappa shape index (κ2) is 6.83. The van der Waals surface area contributed by atoms with Crippen LogP contribution in [0.25, 0.3) is 0 Å². The Morgan fingerprint density at radius 3 is 2.81 bits per heavy atom. The molecule has 0 radical (unpaired) electrons. The lowest BCUT2D eigenvalue weighted by Gasteiger charge is -2.17. The number of rotatable bonds is 5. The van der Waals surface area contributed by atoms with E-state index in [1.54, 1.807) is 36.5 Å². The lowest BCUT2D eigenvalue weighted by molar-refractivity contribution is 0.0987. The lowest BCUT2D eigenvalue weighted by Crippen LogP contribution is -2.28. The number of nitrogens with one attached hydrogen (secondary N) is 1. The van der Waals surface area contributed by atoms with E-state index in [1.807, 2.05) is 0 Å². The van der Waals surface area contributed by atoms with Gasteiger partial charge in [0, 0.05) is 25.5 Å². The van der Waals surface area contributed by atoms with Crippen molar-refractivity contribution < 1.29 is 9.18 Å². The number of hydrogen-bond donors (Lipinski definition) is 1. The molecule has 110 valence electrons. The van der Waals surface area contributed by atoms with Gasteiger partial charge in [-0.05, 0) is 30.7 Å². The summed E-state index contributed by atoms with van der Waals surface area (Å²) in [6, 6.07) is 9.64. The number of nitrogens with zero attached hydrogens (tertiary/aromatic N) is 2. The molecule has 0 bridgehead atoms. The van der Waals surface area contributed by atoms with E-state index in [4.69, 9.17) is 0 Å². The maximum absolute atomic E-state index is 13.7. The van der Waals surface area contributed by atoms with Gasteiger partial charge in [-0.2, -0.15) is 0 Å². The molecule has 0 saturated heterocycles. The number of benzene rings is 1. The Balaban J connectivity index is 2.21. The standard InChI is InChI=1S/C16H18FN3O/c1-3-9-18-12-8-10-19-14(11-12)16(21)20(2)15-7-5-4-6-13(15)17/h4-8,10-11H,3,9H2,1-2H3,(H,18,19). The Kier molecular flexibility index (Phi) is 4.87. The molecular weight excluding hydrogens is 269 g/mol. The Hall–Kier alpha value is -2.43. The smallest absolute Gasteiger partial charge is 0.276 e. The first-order valence-corrected chi connectivity index (χ1v) is 6.86. The molecule has 1 amide bonds. The van der Waals surface area contributed by atoms with Gasteiger partial charge in [-0.25, -0.2) is 4.39 Å². The number of amides is 1. The highest BCUT2D eigenvalue weighted by Gasteiger charge is 2.17. The third-order valence-electron chi connectivity index (χ3n) is 3.08. The van der Waals surface area contributed by atoms with Crippen molar-refractivity contribution in [2.75, 3.05) is 23.8 Å². The average molecular weight is 287 g/mol. The van der Waals surface area contributed by atoms with Gasteiger partial charge in [-0.15, -0.1) is 0 Å². The van der Waals surface area contributed by atoms with Gasteiger partial charge in [0.2, 0.25) is 0 Å². The van der Waals surface area contributed by atoms with E-state index >= 15 is 0 Å². The molecule has 0 fully saturated rings.